The number of hydrogen-bond donors (Lipinski definition) is 2. The van der Waals surface area contributed by atoms with E-state index in [1.54, 1.807) is 0 Å². The van der Waals surface area contributed by atoms with Gasteiger partial charge in [-0.2, -0.15) is 0 Å². The van der Waals surface area contributed by atoms with E-state index >= 15 is 0 Å². The summed E-state index contributed by atoms with van der Waals surface area (Å²) in [6.45, 7) is 8.58. The van der Waals surface area contributed by atoms with Gasteiger partial charge in [0.05, 0.1) is 11.0 Å². The minimum Gasteiger partial charge on any atom is -0.338 e. The molecule has 0 aliphatic heterocycles. The van der Waals surface area contributed by atoms with Gasteiger partial charge < -0.3 is 15.2 Å². The Morgan fingerprint density at radius 3 is 2.73 bits per heavy atom. The number of amides is 2. The first-order chi connectivity index (χ1) is 10.6. The summed E-state index contributed by atoms with van der Waals surface area (Å²) in [5.41, 5.74) is 2.18. The average Bonchev–Trinajstić information content (AvgIpc) is 2.79. The van der Waals surface area contributed by atoms with Crippen molar-refractivity contribution in [2.75, 3.05) is 13.1 Å². The van der Waals surface area contributed by atoms with E-state index in [0.29, 0.717) is 12.5 Å². The van der Waals surface area contributed by atoms with E-state index in [2.05, 4.69) is 40.1 Å². The molecule has 5 nitrogen and oxygen atoms in total. The van der Waals surface area contributed by atoms with E-state index in [0.717, 1.165) is 42.8 Å². The van der Waals surface area contributed by atoms with Gasteiger partial charge in [-0.25, -0.2) is 9.78 Å². The normalized spacial score (nSPS) is 11.1. The molecule has 0 fully saturated rings. The fraction of sp³-hybridized carbons (Fsp3) is 0.529. The Kier molecular flexibility index (Phi) is 5.81. The Morgan fingerprint density at radius 2 is 1.95 bits per heavy atom. The number of imidazole rings is 1. The molecular formula is C17H26N4O. The van der Waals surface area contributed by atoms with Crippen molar-refractivity contribution in [3.05, 3.63) is 30.1 Å². The maximum atomic E-state index is 11.6. The molecule has 0 aliphatic carbocycles. The van der Waals surface area contributed by atoms with E-state index in [9.17, 15) is 4.79 Å². The first-order valence-corrected chi connectivity index (χ1v) is 8.01. The van der Waals surface area contributed by atoms with Crippen LogP contribution in [0, 0.1) is 12.8 Å². The molecule has 0 bridgehead atoms. The monoisotopic (exact) mass is 302 g/mol. The van der Waals surface area contributed by atoms with Crippen molar-refractivity contribution in [1.82, 2.24) is 20.2 Å². The maximum absolute atomic E-state index is 11.6. The summed E-state index contributed by atoms with van der Waals surface area (Å²) >= 11 is 0. The van der Waals surface area contributed by atoms with Crippen LogP contribution in [0.2, 0.25) is 0 Å². The lowest BCUT2D eigenvalue weighted by Crippen LogP contribution is -2.37. The van der Waals surface area contributed by atoms with Crippen LogP contribution >= 0.6 is 0 Å². The number of para-hydroxylation sites is 2. The van der Waals surface area contributed by atoms with Crippen LogP contribution in [0.4, 0.5) is 4.79 Å². The predicted molar refractivity (Wildman–Crippen MR) is 89.9 cm³/mol. The Hall–Kier alpha value is -2.04. The van der Waals surface area contributed by atoms with E-state index in [-0.39, 0.29) is 6.03 Å². The number of fused-ring (bicyclic) bond motifs is 1. The summed E-state index contributed by atoms with van der Waals surface area (Å²) < 4.78 is 2.20. The number of aromatic nitrogens is 2. The van der Waals surface area contributed by atoms with E-state index < -0.39 is 0 Å². The van der Waals surface area contributed by atoms with Crippen LogP contribution in [-0.4, -0.2) is 28.7 Å². The molecule has 2 aromatic rings. The average molecular weight is 302 g/mol. The minimum absolute atomic E-state index is 0.0761. The van der Waals surface area contributed by atoms with Gasteiger partial charge in [0, 0.05) is 19.6 Å². The molecule has 0 saturated heterocycles. The molecular weight excluding hydrogens is 276 g/mol. The lowest BCUT2D eigenvalue weighted by Gasteiger charge is -2.10. The highest BCUT2D eigenvalue weighted by Gasteiger charge is 2.06. The van der Waals surface area contributed by atoms with Gasteiger partial charge in [-0.15, -0.1) is 0 Å². The molecule has 1 heterocycles. The van der Waals surface area contributed by atoms with Gasteiger partial charge in [-0.3, -0.25) is 0 Å². The van der Waals surface area contributed by atoms with Crippen molar-refractivity contribution in [3.8, 4) is 0 Å². The molecule has 1 aromatic carbocycles. The molecule has 2 rings (SSSR count). The lowest BCUT2D eigenvalue weighted by molar-refractivity contribution is 0.240. The number of nitrogens with one attached hydrogen (secondary N) is 2. The summed E-state index contributed by atoms with van der Waals surface area (Å²) in [6.07, 6.45) is 1.90. The third kappa shape index (κ3) is 4.48. The highest BCUT2D eigenvalue weighted by atomic mass is 16.2. The first-order valence-electron chi connectivity index (χ1n) is 8.01. The van der Waals surface area contributed by atoms with Gasteiger partial charge in [0.2, 0.25) is 0 Å². The molecule has 5 heteroatoms. The number of rotatable bonds is 7. The molecule has 1 aromatic heterocycles. The van der Waals surface area contributed by atoms with Gasteiger partial charge in [0.1, 0.15) is 5.82 Å². The first kappa shape index (κ1) is 16.3. The third-order valence-electron chi connectivity index (χ3n) is 3.70. The van der Waals surface area contributed by atoms with Gasteiger partial charge in [0.15, 0.2) is 0 Å². The number of carbonyl (C=O) groups excluding carboxylic acids is 1. The lowest BCUT2D eigenvalue weighted by atomic mass is 10.1. The molecule has 0 atom stereocenters. The Morgan fingerprint density at radius 1 is 1.23 bits per heavy atom. The molecule has 120 valence electrons. The summed E-state index contributed by atoms with van der Waals surface area (Å²) in [5.74, 6) is 1.63. The molecule has 2 N–H and O–H groups in total. The number of nitrogens with zero attached hydrogens (tertiary/aromatic N) is 2. The summed E-state index contributed by atoms with van der Waals surface area (Å²) in [4.78, 5) is 16.2. The molecule has 0 aliphatic rings. The molecule has 0 radical (unpaired) electrons. The fourth-order valence-corrected chi connectivity index (χ4v) is 2.45. The van der Waals surface area contributed by atoms with E-state index in [1.165, 1.54) is 0 Å². The van der Waals surface area contributed by atoms with E-state index in [1.807, 2.05) is 25.1 Å². The van der Waals surface area contributed by atoms with Crippen molar-refractivity contribution in [2.24, 2.45) is 5.92 Å². The van der Waals surface area contributed by atoms with E-state index in [4.69, 9.17) is 0 Å². The van der Waals surface area contributed by atoms with Crippen molar-refractivity contribution in [2.45, 2.75) is 40.2 Å². The van der Waals surface area contributed by atoms with Crippen molar-refractivity contribution < 1.29 is 4.79 Å². The molecule has 2 amide bonds. The highest BCUT2D eigenvalue weighted by molar-refractivity contribution is 5.75. The largest absolute Gasteiger partial charge is 0.338 e. The minimum atomic E-state index is -0.0761. The quantitative estimate of drug-likeness (QED) is 0.772. The SMILES string of the molecule is Cc1nc2ccccc2n1CCCNC(=O)NCCC(C)C. The number of carbonyl (C=O) groups is 1. The van der Waals surface area contributed by atoms with Crippen LogP contribution in [0.1, 0.15) is 32.5 Å². The standard InChI is InChI=1S/C17H26N4O/c1-13(2)9-11-19-17(22)18-10-6-12-21-14(3)20-15-7-4-5-8-16(15)21/h4-5,7-8,13H,6,9-12H2,1-3H3,(H2,18,19,22). The zero-order chi connectivity index (χ0) is 15.9. The molecule has 0 spiro atoms. The smallest absolute Gasteiger partial charge is 0.314 e. The summed E-state index contributed by atoms with van der Waals surface area (Å²) in [7, 11) is 0. The van der Waals surface area contributed by atoms with Crippen molar-refractivity contribution in [3.63, 3.8) is 0 Å². The summed E-state index contributed by atoms with van der Waals surface area (Å²) in [5, 5.41) is 5.78. The zero-order valence-corrected chi connectivity index (χ0v) is 13.7. The number of benzene rings is 1. The molecule has 22 heavy (non-hydrogen) atoms. The summed E-state index contributed by atoms with van der Waals surface area (Å²) in [6, 6.07) is 8.07. The second-order valence-corrected chi connectivity index (χ2v) is 6.02. The second kappa shape index (κ2) is 7.82. The Labute approximate surface area is 132 Å². The third-order valence-corrected chi connectivity index (χ3v) is 3.70. The number of aryl methyl sites for hydroxylation is 2. The van der Waals surface area contributed by atoms with Gasteiger partial charge in [-0.05, 0) is 37.8 Å². The predicted octanol–water partition coefficient (Wildman–Crippen LogP) is 3.08. The number of hydrogen-bond acceptors (Lipinski definition) is 2. The van der Waals surface area contributed by atoms with Crippen LogP contribution in [0.5, 0.6) is 0 Å². The van der Waals surface area contributed by atoms with Crippen LogP contribution in [-0.2, 0) is 6.54 Å². The second-order valence-electron chi connectivity index (χ2n) is 6.02. The number of urea groups is 1. The van der Waals surface area contributed by atoms with Crippen molar-refractivity contribution in [1.29, 1.82) is 0 Å². The fourth-order valence-electron chi connectivity index (χ4n) is 2.45. The maximum Gasteiger partial charge on any atom is 0.314 e. The Balaban J connectivity index is 1.74. The van der Waals surface area contributed by atoms with Gasteiger partial charge in [-0.1, -0.05) is 26.0 Å². The van der Waals surface area contributed by atoms with Gasteiger partial charge in [0.25, 0.3) is 0 Å². The topological polar surface area (TPSA) is 59.0 Å². The van der Waals surface area contributed by atoms with Crippen LogP contribution in [0.3, 0.4) is 0 Å². The van der Waals surface area contributed by atoms with Crippen molar-refractivity contribution >= 4 is 17.1 Å². The molecule has 0 unspecified atom stereocenters. The van der Waals surface area contributed by atoms with Crippen LogP contribution in [0.15, 0.2) is 24.3 Å². The van der Waals surface area contributed by atoms with Crippen LogP contribution < -0.4 is 10.6 Å². The molecule has 0 saturated carbocycles. The van der Waals surface area contributed by atoms with Gasteiger partial charge >= 0.3 is 6.03 Å². The highest BCUT2D eigenvalue weighted by Crippen LogP contribution is 2.15. The van der Waals surface area contributed by atoms with Crippen LogP contribution in [0.25, 0.3) is 11.0 Å². The zero-order valence-electron chi connectivity index (χ0n) is 13.7. The Bertz CT molecular complexity index is 618.